The molecule has 0 radical (unpaired) electrons. The van der Waals surface area contributed by atoms with Crippen molar-refractivity contribution in [1.29, 1.82) is 0 Å². The zero-order chi connectivity index (χ0) is 16.8. The van der Waals surface area contributed by atoms with Gasteiger partial charge in [-0.25, -0.2) is 14.3 Å². The standard InChI is InChI=1S/C15H14ClN3O4/c1-22-13(20)9-12(15(21)23-2)18-11-6-3-5-10(16)14(11)19-8-4-7-17-19/h3-9,18H,1-2H3/b12-9+. The smallest absolute Gasteiger partial charge is 0.354 e. The highest BCUT2D eigenvalue weighted by Crippen LogP contribution is 2.29. The zero-order valence-electron chi connectivity index (χ0n) is 12.4. The van der Waals surface area contributed by atoms with Gasteiger partial charge >= 0.3 is 11.9 Å². The maximum Gasteiger partial charge on any atom is 0.354 e. The lowest BCUT2D eigenvalue weighted by Crippen LogP contribution is -2.16. The van der Waals surface area contributed by atoms with Gasteiger partial charge in [-0.3, -0.25) is 0 Å². The van der Waals surface area contributed by atoms with E-state index < -0.39 is 11.9 Å². The van der Waals surface area contributed by atoms with Gasteiger partial charge in [0, 0.05) is 12.4 Å². The molecular formula is C15H14ClN3O4. The van der Waals surface area contributed by atoms with Crippen LogP contribution in [0.5, 0.6) is 0 Å². The second kappa shape index (κ2) is 7.46. The van der Waals surface area contributed by atoms with Gasteiger partial charge in [0.2, 0.25) is 0 Å². The number of benzene rings is 1. The molecule has 120 valence electrons. The Morgan fingerprint density at radius 2 is 2.04 bits per heavy atom. The van der Waals surface area contributed by atoms with Crippen LogP contribution >= 0.6 is 11.6 Å². The first-order valence-electron chi connectivity index (χ1n) is 6.50. The summed E-state index contributed by atoms with van der Waals surface area (Å²) in [6.45, 7) is 0. The minimum absolute atomic E-state index is 0.0879. The van der Waals surface area contributed by atoms with Crippen molar-refractivity contribution in [3.63, 3.8) is 0 Å². The van der Waals surface area contributed by atoms with E-state index in [0.29, 0.717) is 16.4 Å². The number of ether oxygens (including phenoxy) is 2. The summed E-state index contributed by atoms with van der Waals surface area (Å²) in [6, 6.07) is 6.81. The van der Waals surface area contributed by atoms with Crippen molar-refractivity contribution < 1.29 is 19.1 Å². The molecule has 1 heterocycles. The lowest BCUT2D eigenvalue weighted by atomic mass is 10.2. The van der Waals surface area contributed by atoms with Gasteiger partial charge in [-0.05, 0) is 18.2 Å². The second-order valence-corrected chi connectivity index (χ2v) is 4.69. The SMILES string of the molecule is COC(=O)/C=C(/Nc1cccc(Cl)c1-n1cccn1)C(=O)OC. The topological polar surface area (TPSA) is 82.5 Å². The number of hydrogen-bond donors (Lipinski definition) is 1. The van der Waals surface area contributed by atoms with Crippen LogP contribution in [-0.2, 0) is 19.1 Å². The number of rotatable bonds is 5. The first-order chi connectivity index (χ1) is 11.1. The Balaban J connectivity index is 2.45. The van der Waals surface area contributed by atoms with Crippen molar-refractivity contribution in [2.45, 2.75) is 0 Å². The predicted molar refractivity (Wildman–Crippen MR) is 84.3 cm³/mol. The Kier molecular flexibility index (Phi) is 5.37. The van der Waals surface area contributed by atoms with E-state index in [2.05, 4.69) is 19.9 Å². The molecule has 0 fully saturated rings. The Morgan fingerprint density at radius 1 is 1.26 bits per heavy atom. The first kappa shape index (κ1) is 16.6. The Bertz CT molecular complexity index is 741. The second-order valence-electron chi connectivity index (χ2n) is 4.28. The van der Waals surface area contributed by atoms with Crippen molar-refractivity contribution in [1.82, 2.24) is 9.78 Å². The minimum Gasteiger partial charge on any atom is -0.466 e. The number of carbonyl (C=O) groups is 2. The lowest BCUT2D eigenvalue weighted by molar-refractivity contribution is -0.138. The van der Waals surface area contributed by atoms with Gasteiger partial charge < -0.3 is 14.8 Å². The maximum atomic E-state index is 11.8. The summed E-state index contributed by atoms with van der Waals surface area (Å²) in [4.78, 5) is 23.3. The minimum atomic E-state index is -0.721. The van der Waals surface area contributed by atoms with Gasteiger partial charge in [-0.15, -0.1) is 0 Å². The average molecular weight is 336 g/mol. The molecule has 1 aromatic carbocycles. The molecule has 0 aliphatic carbocycles. The summed E-state index contributed by atoms with van der Waals surface area (Å²) in [5.74, 6) is -1.41. The predicted octanol–water partition coefficient (Wildman–Crippen LogP) is 2.17. The number of aromatic nitrogens is 2. The first-order valence-corrected chi connectivity index (χ1v) is 6.88. The summed E-state index contributed by atoms with van der Waals surface area (Å²) in [5.41, 5.74) is 0.913. The molecule has 1 N–H and O–H groups in total. The fraction of sp³-hybridized carbons (Fsp3) is 0.133. The fourth-order valence-corrected chi connectivity index (χ4v) is 2.09. The van der Waals surface area contributed by atoms with E-state index in [9.17, 15) is 9.59 Å². The molecule has 0 aliphatic heterocycles. The van der Waals surface area contributed by atoms with Crippen molar-refractivity contribution in [2.24, 2.45) is 0 Å². The molecule has 0 amide bonds. The number of esters is 2. The van der Waals surface area contributed by atoms with Gasteiger partial charge in [0.1, 0.15) is 11.4 Å². The van der Waals surface area contributed by atoms with Crippen molar-refractivity contribution in [3.8, 4) is 5.69 Å². The van der Waals surface area contributed by atoms with Gasteiger partial charge in [0.05, 0.1) is 31.0 Å². The Labute approximate surface area is 137 Å². The van der Waals surface area contributed by atoms with E-state index in [0.717, 1.165) is 6.08 Å². The van der Waals surface area contributed by atoms with Crippen LogP contribution in [-0.4, -0.2) is 35.9 Å². The van der Waals surface area contributed by atoms with Crippen LogP contribution in [0.25, 0.3) is 5.69 Å². The lowest BCUT2D eigenvalue weighted by Gasteiger charge is -2.14. The molecular weight excluding hydrogens is 322 g/mol. The van der Waals surface area contributed by atoms with Crippen LogP contribution in [0.15, 0.2) is 48.4 Å². The number of para-hydroxylation sites is 1. The molecule has 2 rings (SSSR count). The van der Waals surface area contributed by atoms with E-state index in [-0.39, 0.29) is 5.70 Å². The zero-order valence-corrected chi connectivity index (χ0v) is 13.2. The molecule has 0 saturated heterocycles. The van der Waals surface area contributed by atoms with Gasteiger partial charge in [0.15, 0.2) is 0 Å². The molecule has 0 atom stereocenters. The molecule has 7 nitrogen and oxygen atoms in total. The molecule has 0 bridgehead atoms. The Morgan fingerprint density at radius 3 is 2.65 bits per heavy atom. The molecule has 2 aromatic rings. The maximum absolute atomic E-state index is 11.8. The number of nitrogens with one attached hydrogen (secondary N) is 1. The van der Waals surface area contributed by atoms with Crippen LogP contribution in [0.2, 0.25) is 5.02 Å². The highest BCUT2D eigenvalue weighted by atomic mass is 35.5. The molecule has 0 spiro atoms. The summed E-state index contributed by atoms with van der Waals surface area (Å²) in [5, 5.41) is 7.37. The van der Waals surface area contributed by atoms with E-state index >= 15 is 0 Å². The van der Waals surface area contributed by atoms with Crippen molar-refractivity contribution >= 4 is 29.2 Å². The van der Waals surface area contributed by atoms with E-state index in [1.165, 1.54) is 18.9 Å². The number of halogens is 1. The number of anilines is 1. The summed E-state index contributed by atoms with van der Waals surface area (Å²) in [6.07, 6.45) is 4.30. The third kappa shape index (κ3) is 3.89. The van der Waals surface area contributed by atoms with Crippen molar-refractivity contribution in [2.75, 3.05) is 19.5 Å². The van der Waals surface area contributed by atoms with Crippen LogP contribution in [0.3, 0.4) is 0 Å². The molecule has 0 unspecified atom stereocenters. The molecule has 23 heavy (non-hydrogen) atoms. The summed E-state index contributed by atoms with van der Waals surface area (Å²) < 4.78 is 10.7. The summed E-state index contributed by atoms with van der Waals surface area (Å²) in [7, 11) is 2.42. The fourth-order valence-electron chi connectivity index (χ4n) is 1.83. The quantitative estimate of drug-likeness (QED) is 0.666. The van der Waals surface area contributed by atoms with Crippen LogP contribution in [0.4, 0.5) is 5.69 Å². The van der Waals surface area contributed by atoms with E-state index in [1.54, 1.807) is 36.7 Å². The third-order valence-electron chi connectivity index (χ3n) is 2.86. The van der Waals surface area contributed by atoms with Gasteiger partial charge in [0.25, 0.3) is 0 Å². The number of carbonyl (C=O) groups excluding carboxylic acids is 2. The van der Waals surface area contributed by atoms with Gasteiger partial charge in [-0.1, -0.05) is 17.7 Å². The molecule has 8 heteroatoms. The average Bonchev–Trinajstić information content (AvgIpc) is 3.07. The summed E-state index contributed by atoms with van der Waals surface area (Å²) >= 11 is 6.22. The van der Waals surface area contributed by atoms with Crippen LogP contribution in [0.1, 0.15) is 0 Å². The van der Waals surface area contributed by atoms with Crippen molar-refractivity contribution in [3.05, 3.63) is 53.5 Å². The van der Waals surface area contributed by atoms with Crippen LogP contribution < -0.4 is 5.32 Å². The van der Waals surface area contributed by atoms with E-state index in [4.69, 9.17) is 11.6 Å². The molecule has 0 saturated carbocycles. The number of hydrogen-bond acceptors (Lipinski definition) is 6. The van der Waals surface area contributed by atoms with E-state index in [1.807, 2.05) is 0 Å². The highest BCUT2D eigenvalue weighted by molar-refractivity contribution is 6.33. The third-order valence-corrected chi connectivity index (χ3v) is 3.16. The molecule has 0 aliphatic rings. The normalized spacial score (nSPS) is 11.0. The monoisotopic (exact) mass is 335 g/mol. The van der Waals surface area contributed by atoms with Crippen LogP contribution in [0, 0.1) is 0 Å². The van der Waals surface area contributed by atoms with Gasteiger partial charge in [-0.2, -0.15) is 5.10 Å². The number of nitrogens with zero attached hydrogens (tertiary/aromatic N) is 2. The largest absolute Gasteiger partial charge is 0.466 e. The Hall–Kier alpha value is -2.80. The molecule has 1 aromatic heterocycles. The number of methoxy groups -OCH3 is 2. The highest BCUT2D eigenvalue weighted by Gasteiger charge is 2.16.